The van der Waals surface area contributed by atoms with E-state index in [-0.39, 0.29) is 0 Å². The van der Waals surface area contributed by atoms with Crippen molar-refractivity contribution in [1.29, 1.82) is 0 Å². The molecule has 0 bridgehead atoms. The smallest absolute Gasteiger partial charge is 0.160 e. The Balaban J connectivity index is 1.24. The Morgan fingerprint density at radius 1 is 0.364 bits per heavy atom. The minimum Gasteiger partial charge on any atom is -0.264 e. The zero-order valence-electron chi connectivity index (χ0n) is 23.8. The zero-order chi connectivity index (χ0) is 29.3. The summed E-state index contributed by atoms with van der Waals surface area (Å²) in [6, 6.07) is 46.5. The third-order valence-electron chi connectivity index (χ3n) is 8.06. The first kappa shape index (κ1) is 25.7. The molecule has 0 spiro atoms. The van der Waals surface area contributed by atoms with E-state index < -0.39 is 0 Å². The van der Waals surface area contributed by atoms with Crippen LogP contribution in [0.2, 0.25) is 0 Å². The Kier molecular flexibility index (Phi) is 6.43. The molecule has 0 atom stereocenters. The van der Waals surface area contributed by atoms with Crippen LogP contribution in [0.25, 0.3) is 77.7 Å². The molecule has 0 fully saturated rings. The average Bonchev–Trinajstić information content (AvgIpc) is 3.12. The summed E-state index contributed by atoms with van der Waals surface area (Å²) in [5, 5.41) is 5.00. The third-order valence-corrected chi connectivity index (χ3v) is 8.06. The number of aromatic nitrogens is 4. The molecule has 0 amide bonds. The van der Waals surface area contributed by atoms with Crippen molar-refractivity contribution in [1.82, 2.24) is 19.9 Å². The highest BCUT2D eigenvalue weighted by molar-refractivity contribution is 6.13. The van der Waals surface area contributed by atoms with Crippen LogP contribution in [0, 0.1) is 0 Å². The quantitative estimate of drug-likeness (QED) is 0.196. The highest BCUT2D eigenvalue weighted by atomic mass is 14.9. The SMILES string of the molecule is c1cncc(-c2cccc(-c3cc(-c4cccnc4)nc(-c4ccc(-c5cc6ccccc6c6ccccc56)cc4)n3)c2)c1. The average molecular weight is 563 g/mol. The predicted molar refractivity (Wildman–Crippen MR) is 180 cm³/mol. The molecule has 0 aliphatic rings. The van der Waals surface area contributed by atoms with Gasteiger partial charge in [-0.05, 0) is 74.6 Å². The van der Waals surface area contributed by atoms with Gasteiger partial charge in [-0.3, -0.25) is 9.97 Å². The summed E-state index contributed by atoms with van der Waals surface area (Å²) in [6.45, 7) is 0. The lowest BCUT2D eigenvalue weighted by atomic mass is 9.93. The van der Waals surface area contributed by atoms with Crippen LogP contribution in [0.3, 0.4) is 0 Å². The van der Waals surface area contributed by atoms with Crippen LogP contribution in [0.1, 0.15) is 0 Å². The molecule has 206 valence electrons. The Morgan fingerprint density at radius 3 is 1.73 bits per heavy atom. The predicted octanol–water partition coefficient (Wildman–Crippen LogP) is 9.91. The lowest BCUT2D eigenvalue weighted by Gasteiger charge is -2.12. The number of pyridine rings is 2. The Morgan fingerprint density at radius 2 is 0.977 bits per heavy atom. The first-order valence-corrected chi connectivity index (χ1v) is 14.6. The van der Waals surface area contributed by atoms with Crippen LogP contribution in [-0.2, 0) is 0 Å². The number of nitrogens with zero attached hydrogens (tertiary/aromatic N) is 4. The summed E-state index contributed by atoms with van der Waals surface area (Å²) < 4.78 is 0. The van der Waals surface area contributed by atoms with Gasteiger partial charge in [0.05, 0.1) is 11.4 Å². The standard InChI is InChI=1S/C40H26N4/c1-2-13-34-30(8-1)23-37(36-15-4-3-14-35(34)36)27-16-18-28(19-17-27)40-43-38(24-39(44-40)33-12-7-21-42-26-33)31-10-5-9-29(22-31)32-11-6-20-41-25-32/h1-26H. The van der Waals surface area contributed by atoms with E-state index in [1.807, 2.05) is 36.7 Å². The number of fused-ring (bicyclic) bond motifs is 3. The summed E-state index contributed by atoms with van der Waals surface area (Å²) >= 11 is 0. The van der Waals surface area contributed by atoms with E-state index in [1.54, 1.807) is 12.4 Å². The summed E-state index contributed by atoms with van der Waals surface area (Å²) in [5.41, 5.74) is 9.11. The fraction of sp³-hybridized carbons (Fsp3) is 0. The van der Waals surface area contributed by atoms with E-state index in [2.05, 4.69) is 119 Å². The van der Waals surface area contributed by atoms with Crippen molar-refractivity contribution in [3.8, 4) is 56.2 Å². The number of hydrogen-bond donors (Lipinski definition) is 0. The van der Waals surface area contributed by atoms with Gasteiger partial charge in [-0.15, -0.1) is 0 Å². The molecule has 8 rings (SSSR count). The van der Waals surface area contributed by atoms with Gasteiger partial charge < -0.3 is 0 Å². The minimum atomic E-state index is 0.669. The minimum absolute atomic E-state index is 0.669. The third kappa shape index (κ3) is 4.79. The van der Waals surface area contributed by atoms with Gasteiger partial charge in [0.25, 0.3) is 0 Å². The van der Waals surface area contributed by atoms with Crippen LogP contribution < -0.4 is 0 Å². The van der Waals surface area contributed by atoms with Gasteiger partial charge in [0.15, 0.2) is 5.82 Å². The molecule has 8 aromatic rings. The van der Waals surface area contributed by atoms with E-state index >= 15 is 0 Å². The van der Waals surface area contributed by atoms with Gasteiger partial charge in [0, 0.05) is 47.0 Å². The lowest BCUT2D eigenvalue weighted by Crippen LogP contribution is -1.96. The summed E-state index contributed by atoms with van der Waals surface area (Å²) in [7, 11) is 0. The van der Waals surface area contributed by atoms with Crippen LogP contribution in [0.15, 0.2) is 158 Å². The highest BCUT2D eigenvalue weighted by Crippen LogP contribution is 2.36. The Labute approximate surface area is 255 Å². The van der Waals surface area contributed by atoms with Crippen molar-refractivity contribution < 1.29 is 0 Å². The molecule has 0 radical (unpaired) electrons. The summed E-state index contributed by atoms with van der Waals surface area (Å²) in [6.07, 6.45) is 7.29. The second kappa shape index (κ2) is 11.0. The van der Waals surface area contributed by atoms with Crippen molar-refractivity contribution in [3.05, 3.63) is 158 Å². The molecule has 3 aromatic heterocycles. The molecule has 0 N–H and O–H groups in total. The fourth-order valence-corrected chi connectivity index (χ4v) is 5.87. The summed E-state index contributed by atoms with van der Waals surface area (Å²) in [5.74, 6) is 0.669. The molecule has 0 saturated carbocycles. The molecule has 0 aliphatic heterocycles. The molecule has 4 heteroatoms. The number of benzene rings is 5. The van der Waals surface area contributed by atoms with Crippen molar-refractivity contribution >= 4 is 21.5 Å². The number of hydrogen-bond acceptors (Lipinski definition) is 4. The second-order valence-corrected chi connectivity index (χ2v) is 10.8. The maximum absolute atomic E-state index is 5.08. The lowest BCUT2D eigenvalue weighted by molar-refractivity contribution is 1.18. The summed E-state index contributed by atoms with van der Waals surface area (Å²) in [4.78, 5) is 18.7. The van der Waals surface area contributed by atoms with Crippen molar-refractivity contribution in [2.75, 3.05) is 0 Å². The molecule has 0 aliphatic carbocycles. The van der Waals surface area contributed by atoms with Crippen molar-refractivity contribution in [2.45, 2.75) is 0 Å². The van der Waals surface area contributed by atoms with Crippen LogP contribution in [0.4, 0.5) is 0 Å². The van der Waals surface area contributed by atoms with Crippen LogP contribution >= 0.6 is 0 Å². The molecule has 4 nitrogen and oxygen atoms in total. The van der Waals surface area contributed by atoms with Crippen LogP contribution in [0.5, 0.6) is 0 Å². The van der Waals surface area contributed by atoms with E-state index in [0.29, 0.717) is 5.82 Å². The largest absolute Gasteiger partial charge is 0.264 e. The molecule has 5 aromatic carbocycles. The monoisotopic (exact) mass is 562 g/mol. The maximum atomic E-state index is 5.08. The normalized spacial score (nSPS) is 11.2. The second-order valence-electron chi connectivity index (χ2n) is 10.8. The molecule has 0 unspecified atom stereocenters. The molecular weight excluding hydrogens is 536 g/mol. The highest BCUT2D eigenvalue weighted by Gasteiger charge is 2.13. The fourth-order valence-electron chi connectivity index (χ4n) is 5.87. The van der Waals surface area contributed by atoms with Gasteiger partial charge in [0.1, 0.15) is 0 Å². The van der Waals surface area contributed by atoms with Gasteiger partial charge in [-0.2, -0.15) is 0 Å². The van der Waals surface area contributed by atoms with E-state index in [9.17, 15) is 0 Å². The van der Waals surface area contributed by atoms with Crippen LogP contribution in [-0.4, -0.2) is 19.9 Å². The van der Waals surface area contributed by atoms with Gasteiger partial charge >= 0.3 is 0 Å². The molecule has 3 heterocycles. The molecular formula is C40H26N4. The van der Waals surface area contributed by atoms with E-state index in [4.69, 9.17) is 9.97 Å². The van der Waals surface area contributed by atoms with Crippen molar-refractivity contribution in [2.24, 2.45) is 0 Å². The first-order chi connectivity index (χ1) is 21.8. The van der Waals surface area contributed by atoms with Gasteiger partial charge in [-0.1, -0.05) is 97.1 Å². The van der Waals surface area contributed by atoms with E-state index in [0.717, 1.165) is 44.8 Å². The Bertz CT molecular complexity index is 2260. The topological polar surface area (TPSA) is 51.6 Å². The maximum Gasteiger partial charge on any atom is 0.160 e. The van der Waals surface area contributed by atoms with E-state index in [1.165, 1.54) is 27.1 Å². The molecule has 44 heavy (non-hydrogen) atoms. The Hall–Kier alpha value is -6.00. The molecule has 0 saturated heterocycles. The zero-order valence-corrected chi connectivity index (χ0v) is 23.8. The van der Waals surface area contributed by atoms with Crippen molar-refractivity contribution in [3.63, 3.8) is 0 Å². The first-order valence-electron chi connectivity index (χ1n) is 14.6. The van der Waals surface area contributed by atoms with Gasteiger partial charge in [0.2, 0.25) is 0 Å². The number of rotatable bonds is 5. The van der Waals surface area contributed by atoms with Gasteiger partial charge in [-0.25, -0.2) is 9.97 Å².